The lowest BCUT2D eigenvalue weighted by atomic mass is 9.91. The standard InChI is InChI=1S/C12H16Cl2N2O/c1-3-6-16-12(2,11(15)17)9-5-4-8(13)7-10(9)14/h4-5,7,16H,3,6H2,1-2H3,(H2,15,17). The summed E-state index contributed by atoms with van der Waals surface area (Å²) < 4.78 is 0. The van der Waals surface area contributed by atoms with Gasteiger partial charge in [0, 0.05) is 10.0 Å². The summed E-state index contributed by atoms with van der Waals surface area (Å²) in [7, 11) is 0. The van der Waals surface area contributed by atoms with Gasteiger partial charge in [0.25, 0.3) is 0 Å². The molecule has 1 unspecified atom stereocenters. The zero-order valence-corrected chi connectivity index (χ0v) is 11.4. The van der Waals surface area contributed by atoms with Crippen LogP contribution >= 0.6 is 23.2 Å². The van der Waals surface area contributed by atoms with Crippen molar-refractivity contribution >= 4 is 29.1 Å². The second-order valence-electron chi connectivity index (χ2n) is 4.04. The summed E-state index contributed by atoms with van der Waals surface area (Å²) >= 11 is 11.9. The third-order valence-electron chi connectivity index (χ3n) is 2.69. The Labute approximate surface area is 111 Å². The lowest BCUT2D eigenvalue weighted by molar-refractivity contribution is -0.124. The van der Waals surface area contributed by atoms with Gasteiger partial charge in [0.2, 0.25) is 5.91 Å². The summed E-state index contributed by atoms with van der Waals surface area (Å²) in [5.74, 6) is -0.463. The van der Waals surface area contributed by atoms with Gasteiger partial charge in [0.05, 0.1) is 0 Å². The Balaban J connectivity index is 3.17. The van der Waals surface area contributed by atoms with Crippen LogP contribution in [0.4, 0.5) is 0 Å². The summed E-state index contributed by atoms with van der Waals surface area (Å²) in [4.78, 5) is 11.6. The number of primary amides is 1. The van der Waals surface area contributed by atoms with Crippen LogP contribution in [0.1, 0.15) is 25.8 Å². The van der Waals surface area contributed by atoms with Gasteiger partial charge in [0.15, 0.2) is 0 Å². The van der Waals surface area contributed by atoms with Crippen molar-refractivity contribution in [2.45, 2.75) is 25.8 Å². The highest BCUT2D eigenvalue weighted by Gasteiger charge is 2.34. The highest BCUT2D eigenvalue weighted by molar-refractivity contribution is 6.35. The van der Waals surface area contributed by atoms with Crippen molar-refractivity contribution in [3.63, 3.8) is 0 Å². The summed E-state index contributed by atoms with van der Waals surface area (Å²) in [6.07, 6.45) is 0.897. The van der Waals surface area contributed by atoms with Crippen molar-refractivity contribution in [3.05, 3.63) is 33.8 Å². The molecule has 1 rings (SSSR count). The van der Waals surface area contributed by atoms with Crippen molar-refractivity contribution < 1.29 is 4.79 Å². The predicted octanol–water partition coefficient (Wildman–Crippen LogP) is 2.69. The van der Waals surface area contributed by atoms with Crippen molar-refractivity contribution in [3.8, 4) is 0 Å². The van der Waals surface area contributed by atoms with E-state index in [1.165, 1.54) is 0 Å². The van der Waals surface area contributed by atoms with Gasteiger partial charge in [0.1, 0.15) is 5.54 Å². The molecule has 0 aliphatic heterocycles. The fourth-order valence-electron chi connectivity index (χ4n) is 1.59. The fourth-order valence-corrected chi connectivity index (χ4v) is 2.18. The van der Waals surface area contributed by atoms with E-state index in [1.54, 1.807) is 25.1 Å². The first kappa shape index (κ1) is 14.3. The van der Waals surface area contributed by atoms with Crippen LogP contribution in [0, 0.1) is 0 Å². The fraction of sp³-hybridized carbons (Fsp3) is 0.417. The second kappa shape index (κ2) is 5.71. The first-order valence-corrected chi connectivity index (χ1v) is 6.18. The van der Waals surface area contributed by atoms with E-state index in [0.29, 0.717) is 22.2 Å². The minimum absolute atomic E-state index is 0.433. The van der Waals surface area contributed by atoms with Gasteiger partial charge in [-0.2, -0.15) is 0 Å². The maximum atomic E-state index is 11.6. The third kappa shape index (κ3) is 3.12. The maximum Gasteiger partial charge on any atom is 0.242 e. The highest BCUT2D eigenvalue weighted by atomic mass is 35.5. The average molecular weight is 275 g/mol. The minimum Gasteiger partial charge on any atom is -0.368 e. The predicted molar refractivity (Wildman–Crippen MR) is 71.3 cm³/mol. The average Bonchev–Trinajstić information content (AvgIpc) is 2.25. The van der Waals surface area contributed by atoms with Crippen LogP contribution in [-0.2, 0) is 10.3 Å². The Morgan fingerprint density at radius 1 is 1.47 bits per heavy atom. The normalized spacial score (nSPS) is 14.4. The molecule has 0 aliphatic rings. The molecule has 0 fully saturated rings. The minimum atomic E-state index is -0.975. The number of hydrogen-bond acceptors (Lipinski definition) is 2. The molecular weight excluding hydrogens is 259 g/mol. The number of hydrogen-bond donors (Lipinski definition) is 2. The lowest BCUT2D eigenvalue weighted by Crippen LogP contribution is -2.50. The largest absolute Gasteiger partial charge is 0.368 e. The summed E-state index contributed by atoms with van der Waals surface area (Å²) in [5.41, 5.74) is 5.13. The molecule has 1 atom stereocenters. The van der Waals surface area contributed by atoms with Gasteiger partial charge >= 0.3 is 0 Å². The molecule has 0 aliphatic carbocycles. The van der Waals surface area contributed by atoms with E-state index >= 15 is 0 Å². The Morgan fingerprint density at radius 3 is 2.59 bits per heavy atom. The van der Waals surface area contributed by atoms with Crippen LogP contribution in [0.2, 0.25) is 10.0 Å². The van der Waals surface area contributed by atoms with Crippen LogP contribution in [0.25, 0.3) is 0 Å². The van der Waals surface area contributed by atoms with Gasteiger partial charge in [-0.25, -0.2) is 0 Å². The molecule has 0 saturated heterocycles. The monoisotopic (exact) mass is 274 g/mol. The van der Waals surface area contributed by atoms with Crippen LogP contribution in [-0.4, -0.2) is 12.5 Å². The number of nitrogens with one attached hydrogen (secondary N) is 1. The number of rotatable bonds is 5. The van der Waals surface area contributed by atoms with Crippen LogP contribution in [0.15, 0.2) is 18.2 Å². The van der Waals surface area contributed by atoms with E-state index in [1.807, 2.05) is 6.92 Å². The Hall–Kier alpha value is -0.770. The molecule has 0 bridgehead atoms. The number of carbonyl (C=O) groups is 1. The number of carbonyl (C=O) groups excluding carboxylic acids is 1. The van der Waals surface area contributed by atoms with Crippen molar-refractivity contribution in [1.82, 2.24) is 5.32 Å². The van der Waals surface area contributed by atoms with E-state index in [-0.39, 0.29) is 0 Å². The van der Waals surface area contributed by atoms with E-state index < -0.39 is 11.4 Å². The van der Waals surface area contributed by atoms with E-state index in [4.69, 9.17) is 28.9 Å². The SMILES string of the molecule is CCCNC(C)(C(N)=O)c1ccc(Cl)cc1Cl. The van der Waals surface area contributed by atoms with E-state index in [0.717, 1.165) is 6.42 Å². The molecule has 0 radical (unpaired) electrons. The molecule has 17 heavy (non-hydrogen) atoms. The number of nitrogens with two attached hydrogens (primary N) is 1. The molecule has 1 aromatic carbocycles. The Bertz CT molecular complexity index is 423. The Kier molecular flexibility index (Phi) is 4.80. The van der Waals surface area contributed by atoms with Gasteiger partial charge in [-0.05, 0) is 37.6 Å². The van der Waals surface area contributed by atoms with Crippen molar-refractivity contribution in [2.75, 3.05) is 6.54 Å². The molecular formula is C12H16Cl2N2O. The number of amides is 1. The molecule has 0 aromatic heterocycles. The second-order valence-corrected chi connectivity index (χ2v) is 4.88. The lowest BCUT2D eigenvalue weighted by Gasteiger charge is -2.29. The molecule has 0 saturated carbocycles. The molecule has 94 valence electrons. The molecule has 3 N–H and O–H groups in total. The summed E-state index contributed by atoms with van der Waals surface area (Å²) in [5, 5.41) is 4.08. The van der Waals surface area contributed by atoms with Gasteiger partial charge in [-0.15, -0.1) is 0 Å². The zero-order chi connectivity index (χ0) is 13.1. The number of halogens is 2. The number of benzene rings is 1. The molecule has 1 amide bonds. The smallest absolute Gasteiger partial charge is 0.242 e. The van der Waals surface area contributed by atoms with Crippen molar-refractivity contribution in [2.24, 2.45) is 5.73 Å². The van der Waals surface area contributed by atoms with Gasteiger partial charge in [-0.1, -0.05) is 36.2 Å². The van der Waals surface area contributed by atoms with Gasteiger partial charge in [-0.3, -0.25) is 10.1 Å². The maximum absolute atomic E-state index is 11.6. The van der Waals surface area contributed by atoms with Crippen LogP contribution < -0.4 is 11.1 Å². The first-order chi connectivity index (χ1) is 7.91. The summed E-state index contributed by atoms with van der Waals surface area (Å²) in [6, 6.07) is 5.02. The zero-order valence-electron chi connectivity index (χ0n) is 9.89. The Morgan fingerprint density at radius 2 is 2.12 bits per heavy atom. The molecule has 5 heteroatoms. The molecule has 0 heterocycles. The quantitative estimate of drug-likeness (QED) is 0.868. The molecule has 1 aromatic rings. The molecule has 0 spiro atoms. The highest BCUT2D eigenvalue weighted by Crippen LogP contribution is 2.30. The topological polar surface area (TPSA) is 55.1 Å². The molecule has 3 nitrogen and oxygen atoms in total. The summed E-state index contributed by atoms with van der Waals surface area (Å²) in [6.45, 7) is 4.41. The third-order valence-corrected chi connectivity index (χ3v) is 3.24. The van der Waals surface area contributed by atoms with E-state index in [9.17, 15) is 4.79 Å². The van der Waals surface area contributed by atoms with E-state index in [2.05, 4.69) is 5.32 Å². The van der Waals surface area contributed by atoms with Crippen LogP contribution in [0.5, 0.6) is 0 Å². The van der Waals surface area contributed by atoms with Gasteiger partial charge < -0.3 is 5.73 Å². The van der Waals surface area contributed by atoms with Crippen LogP contribution in [0.3, 0.4) is 0 Å². The van der Waals surface area contributed by atoms with Crippen molar-refractivity contribution in [1.29, 1.82) is 0 Å². The first-order valence-electron chi connectivity index (χ1n) is 5.42.